The lowest BCUT2D eigenvalue weighted by atomic mass is 10.3. The largest absolute Gasteiger partial charge is 0.463 e. The first-order valence-electron chi connectivity index (χ1n) is 34.3. The molecule has 91 heavy (non-hydrogen) atoms. The Morgan fingerprint density at radius 2 is 0.385 bits per heavy atom. The van der Waals surface area contributed by atoms with E-state index in [2.05, 4.69) is 6.92 Å². The van der Waals surface area contributed by atoms with E-state index >= 15 is 0 Å². The Balaban J connectivity index is 4.02. The van der Waals surface area contributed by atoms with Gasteiger partial charge in [0, 0.05) is 13.0 Å². The fourth-order valence-corrected chi connectivity index (χ4v) is 7.53. The van der Waals surface area contributed by atoms with Gasteiger partial charge in [0.2, 0.25) is 0 Å². The molecule has 0 aliphatic heterocycles. The highest BCUT2D eigenvalue weighted by Crippen LogP contribution is 2.11. The van der Waals surface area contributed by atoms with E-state index in [-0.39, 0.29) is 129 Å². The number of esters is 1. The summed E-state index contributed by atoms with van der Waals surface area (Å²) in [6.45, 7) is 52.4. The number of unbranched alkanes of at least 4 members (excludes halogenated alkanes) is 1. The van der Waals surface area contributed by atoms with E-state index in [1.54, 1.807) is 6.92 Å². The summed E-state index contributed by atoms with van der Waals surface area (Å²) in [5.41, 5.74) is 0. The van der Waals surface area contributed by atoms with Crippen molar-refractivity contribution in [1.29, 1.82) is 0 Å². The molecule has 0 aromatic carbocycles. The van der Waals surface area contributed by atoms with Crippen LogP contribution >= 0.6 is 0 Å². The van der Waals surface area contributed by atoms with E-state index in [0.717, 1.165) is 19.4 Å². The van der Waals surface area contributed by atoms with Crippen molar-refractivity contribution in [1.82, 2.24) is 0 Å². The summed E-state index contributed by atoms with van der Waals surface area (Å²) in [6.07, 6.45) is 0.684. The van der Waals surface area contributed by atoms with E-state index in [0.29, 0.717) is 152 Å². The lowest BCUT2D eigenvalue weighted by molar-refractivity contribution is -0.145. The van der Waals surface area contributed by atoms with Crippen molar-refractivity contribution in [3.05, 3.63) is 0 Å². The van der Waals surface area contributed by atoms with Gasteiger partial charge in [-0.2, -0.15) is 0 Å². The molecule has 0 fully saturated rings. The van der Waals surface area contributed by atoms with E-state index in [9.17, 15) is 4.79 Å². The standard InChI is InChI=1S/C68H136O23/c1-22-24-25-71-30-49(3)74-32-51(5)76-34-53(7)78-36-55(9)80-38-57(11)82-40-59(13)84-42-61(15)86-44-63(17)88-46-65(19)90-48-67(21)91-47-66(20)89-45-64(18)87-43-62(16)85-41-60(14)83-39-58(12)81-37-56(10)79-35-54(8)77-33-52(6)75-31-50(4)72-28-26-70-27-29-73-68(69)23-2/h49-67H,22-48H2,1-21H3. The predicted molar refractivity (Wildman–Crippen MR) is 351 cm³/mol. The van der Waals surface area contributed by atoms with Gasteiger partial charge in [0.15, 0.2) is 0 Å². The highest BCUT2D eigenvalue weighted by Gasteiger charge is 2.20. The van der Waals surface area contributed by atoms with Crippen molar-refractivity contribution in [2.75, 3.05) is 159 Å². The molecule has 0 heterocycles. The van der Waals surface area contributed by atoms with Crippen LogP contribution in [-0.4, -0.2) is 281 Å². The molecule has 546 valence electrons. The molecule has 0 N–H and O–H groups in total. The van der Waals surface area contributed by atoms with Crippen LogP contribution in [0, 0.1) is 0 Å². The lowest BCUT2D eigenvalue weighted by Gasteiger charge is -2.24. The molecule has 0 radical (unpaired) electrons. The minimum absolute atomic E-state index is 0.0350. The fourth-order valence-electron chi connectivity index (χ4n) is 7.53. The minimum Gasteiger partial charge on any atom is -0.463 e. The van der Waals surface area contributed by atoms with Crippen LogP contribution in [0.15, 0.2) is 0 Å². The summed E-state index contributed by atoms with van der Waals surface area (Å²) in [5, 5.41) is 0. The maximum absolute atomic E-state index is 11.1. The van der Waals surface area contributed by atoms with E-state index in [1.807, 2.05) is 132 Å². The number of rotatable bonds is 67. The molecule has 0 rings (SSSR count). The first kappa shape index (κ1) is 89.6. The minimum atomic E-state index is -0.233. The van der Waals surface area contributed by atoms with Gasteiger partial charge in [-0.15, -0.1) is 0 Å². The quantitative estimate of drug-likeness (QED) is 0.0409. The van der Waals surface area contributed by atoms with Gasteiger partial charge in [-0.05, 0) is 138 Å². The Hall–Kier alpha value is -1.37. The summed E-state index contributed by atoms with van der Waals surface area (Å²) in [5.74, 6) is -0.233. The average Bonchev–Trinajstić information content (AvgIpc) is 3.67. The normalized spacial score (nSPS) is 18.6. The van der Waals surface area contributed by atoms with Crippen molar-refractivity contribution in [2.24, 2.45) is 0 Å². The Labute approximate surface area is 552 Å². The molecule has 0 spiro atoms. The molecule has 0 bridgehead atoms. The van der Waals surface area contributed by atoms with E-state index in [4.69, 9.17) is 104 Å². The third kappa shape index (κ3) is 58.5. The molecule has 23 nitrogen and oxygen atoms in total. The summed E-state index contributed by atoms with van der Waals surface area (Å²) < 4.78 is 129. The second-order valence-electron chi connectivity index (χ2n) is 24.9. The van der Waals surface area contributed by atoms with Crippen LogP contribution in [0.25, 0.3) is 0 Å². The zero-order chi connectivity index (χ0) is 68.2. The second kappa shape index (κ2) is 58.8. The van der Waals surface area contributed by atoms with Crippen molar-refractivity contribution in [3.8, 4) is 0 Å². The van der Waals surface area contributed by atoms with Gasteiger partial charge < -0.3 is 104 Å². The number of carbonyl (C=O) groups excluding carboxylic acids is 1. The Morgan fingerprint density at radius 1 is 0.209 bits per heavy atom. The first-order valence-corrected chi connectivity index (χ1v) is 34.3. The molecule has 19 unspecified atom stereocenters. The Morgan fingerprint density at radius 3 is 0.571 bits per heavy atom. The van der Waals surface area contributed by atoms with Crippen LogP contribution in [0.3, 0.4) is 0 Å². The SMILES string of the molecule is CCCCOCC(C)OCC(C)OCC(C)OCC(C)OCC(C)OCC(C)OCC(C)OCC(C)OCC(C)OCC(C)OCC(C)OCC(C)OCC(C)OCC(C)OCC(C)OCC(C)OCC(C)OCC(C)OCC(C)OCCOCCOC(=O)CC. The van der Waals surface area contributed by atoms with Crippen molar-refractivity contribution in [2.45, 2.75) is 281 Å². The third-order valence-electron chi connectivity index (χ3n) is 13.5. The first-order chi connectivity index (χ1) is 43.3. The van der Waals surface area contributed by atoms with Gasteiger partial charge in [0.05, 0.1) is 261 Å². The zero-order valence-electron chi connectivity index (χ0n) is 61.0. The summed E-state index contributed by atoms with van der Waals surface area (Å²) in [4.78, 5) is 11.1. The smallest absolute Gasteiger partial charge is 0.305 e. The van der Waals surface area contributed by atoms with Gasteiger partial charge in [-0.25, -0.2) is 0 Å². The van der Waals surface area contributed by atoms with Crippen LogP contribution < -0.4 is 0 Å². The lowest BCUT2D eigenvalue weighted by Crippen LogP contribution is -2.31. The van der Waals surface area contributed by atoms with Gasteiger partial charge in [-0.3, -0.25) is 4.79 Å². The predicted octanol–water partition coefficient (Wildman–Crippen LogP) is 9.47. The second-order valence-corrected chi connectivity index (χ2v) is 24.9. The number of hydrogen-bond donors (Lipinski definition) is 0. The van der Waals surface area contributed by atoms with Crippen molar-refractivity contribution >= 4 is 5.97 Å². The van der Waals surface area contributed by atoms with Crippen LogP contribution in [0.4, 0.5) is 0 Å². The fraction of sp³-hybridized carbons (Fsp3) is 0.985. The molecule has 23 heteroatoms. The molecule has 0 aromatic heterocycles. The summed E-state index contributed by atoms with van der Waals surface area (Å²) in [7, 11) is 0. The molecular weight excluding hydrogens is 1180 g/mol. The van der Waals surface area contributed by atoms with Gasteiger partial charge in [-0.1, -0.05) is 20.3 Å². The van der Waals surface area contributed by atoms with E-state index in [1.165, 1.54) is 0 Å². The average molecular weight is 1320 g/mol. The zero-order valence-corrected chi connectivity index (χ0v) is 61.0. The molecule has 19 atom stereocenters. The number of carbonyl (C=O) groups is 1. The molecule has 0 saturated heterocycles. The van der Waals surface area contributed by atoms with Gasteiger partial charge in [0.1, 0.15) is 6.61 Å². The van der Waals surface area contributed by atoms with Crippen LogP contribution in [-0.2, 0) is 109 Å². The van der Waals surface area contributed by atoms with Gasteiger partial charge in [0.25, 0.3) is 0 Å². The molecule has 0 aliphatic carbocycles. The number of ether oxygens (including phenoxy) is 22. The topological polar surface area (TPSA) is 220 Å². The number of hydrogen-bond acceptors (Lipinski definition) is 23. The molecular formula is C68H136O23. The van der Waals surface area contributed by atoms with Crippen molar-refractivity contribution in [3.63, 3.8) is 0 Å². The highest BCUT2D eigenvalue weighted by molar-refractivity contribution is 5.68. The van der Waals surface area contributed by atoms with Crippen LogP contribution in [0.2, 0.25) is 0 Å². The van der Waals surface area contributed by atoms with Gasteiger partial charge >= 0.3 is 5.97 Å². The van der Waals surface area contributed by atoms with E-state index < -0.39 is 0 Å². The maximum atomic E-state index is 11.1. The Kier molecular flexibility index (Phi) is 57.9. The van der Waals surface area contributed by atoms with Crippen LogP contribution in [0.5, 0.6) is 0 Å². The summed E-state index contributed by atoms with van der Waals surface area (Å²) in [6, 6.07) is 0. The maximum Gasteiger partial charge on any atom is 0.305 e. The monoisotopic (exact) mass is 1320 g/mol. The Bertz CT molecular complexity index is 1600. The molecule has 0 amide bonds. The van der Waals surface area contributed by atoms with Crippen LogP contribution in [0.1, 0.15) is 165 Å². The molecule has 0 aromatic rings. The van der Waals surface area contributed by atoms with Crippen molar-refractivity contribution < 1.29 is 109 Å². The summed E-state index contributed by atoms with van der Waals surface area (Å²) >= 11 is 0. The molecule has 0 saturated carbocycles. The highest BCUT2D eigenvalue weighted by atomic mass is 16.6. The molecule has 0 aliphatic rings. The third-order valence-corrected chi connectivity index (χ3v) is 13.5.